The summed E-state index contributed by atoms with van der Waals surface area (Å²) in [6, 6.07) is 0. The van der Waals surface area contributed by atoms with Gasteiger partial charge in [0.2, 0.25) is 0 Å². The van der Waals surface area contributed by atoms with Gasteiger partial charge in [-0.05, 0) is 45.8 Å². The highest BCUT2D eigenvalue weighted by Gasteiger charge is 2.50. The average molecular weight is 392 g/mol. The molecule has 27 heavy (non-hydrogen) atoms. The van der Waals surface area contributed by atoms with Gasteiger partial charge in [-0.25, -0.2) is 0 Å². The van der Waals surface area contributed by atoms with Crippen molar-refractivity contribution >= 4 is 5.97 Å². The predicted octanol–water partition coefficient (Wildman–Crippen LogP) is 6.14. The number of carboxylic acids is 1. The van der Waals surface area contributed by atoms with Crippen molar-refractivity contribution < 1.29 is 28.1 Å². The Bertz CT molecular complexity index is 570. The zero-order chi connectivity index (χ0) is 25.2. The third-order valence-corrected chi connectivity index (χ3v) is 5.43. The molecule has 1 aliphatic heterocycles. The highest BCUT2D eigenvalue weighted by atomic mass is 16.6. The monoisotopic (exact) mass is 391 g/mol. The SMILES string of the molecule is [2H]C([2H])([2H])C1(C([2H])([2H])[2H])COC(CCCCCCCCC)(CCCCCCCC(=O)O)N1O. The molecule has 0 radical (unpaired) electrons. The first-order valence-electron chi connectivity index (χ1n) is 13.7. The number of carboxylic acid groups (broad SMARTS) is 1. The van der Waals surface area contributed by atoms with Gasteiger partial charge in [-0.15, -0.1) is 0 Å². The van der Waals surface area contributed by atoms with E-state index >= 15 is 0 Å². The highest BCUT2D eigenvalue weighted by Crippen LogP contribution is 2.40. The summed E-state index contributed by atoms with van der Waals surface area (Å²) in [5, 5.41) is 20.4. The summed E-state index contributed by atoms with van der Waals surface area (Å²) < 4.78 is 53.4. The summed E-state index contributed by atoms with van der Waals surface area (Å²) in [6.07, 6.45) is 11.7. The van der Waals surface area contributed by atoms with E-state index in [1.165, 1.54) is 19.3 Å². The van der Waals surface area contributed by atoms with Gasteiger partial charge in [0.15, 0.2) is 0 Å². The molecule has 0 saturated carbocycles. The number of nitrogens with zero attached hydrogens (tertiary/aromatic N) is 1. The molecule has 0 aromatic carbocycles. The van der Waals surface area contributed by atoms with E-state index in [0.29, 0.717) is 37.2 Å². The van der Waals surface area contributed by atoms with Crippen LogP contribution in [-0.4, -0.2) is 39.2 Å². The largest absolute Gasteiger partial charge is 0.481 e. The van der Waals surface area contributed by atoms with Gasteiger partial charge in [0, 0.05) is 14.6 Å². The Labute approximate surface area is 174 Å². The second kappa shape index (κ2) is 12.7. The standard InChI is InChI=1S/C22H43NO4/c1-4-5-6-7-8-11-14-17-22(23(26)21(2,3)19-27-22)18-15-12-9-10-13-16-20(24)25/h26H,4-19H2,1-3H3,(H,24,25)/i2D3,3D3. The van der Waals surface area contributed by atoms with Crippen molar-refractivity contribution in [2.45, 2.75) is 128 Å². The lowest BCUT2D eigenvalue weighted by Gasteiger charge is -2.37. The zero-order valence-electron chi connectivity index (χ0n) is 23.0. The van der Waals surface area contributed by atoms with Crippen LogP contribution in [0.4, 0.5) is 0 Å². The maximum Gasteiger partial charge on any atom is 0.303 e. The number of hydrogen-bond acceptors (Lipinski definition) is 4. The Morgan fingerprint density at radius 3 is 1.96 bits per heavy atom. The lowest BCUT2D eigenvalue weighted by Crippen LogP contribution is -2.50. The summed E-state index contributed by atoms with van der Waals surface area (Å²) >= 11 is 0. The molecule has 0 amide bonds. The lowest BCUT2D eigenvalue weighted by molar-refractivity contribution is -0.256. The predicted molar refractivity (Wildman–Crippen MR) is 109 cm³/mol. The molecule has 160 valence electrons. The second-order valence-electron chi connectivity index (χ2n) is 7.94. The van der Waals surface area contributed by atoms with Crippen molar-refractivity contribution in [3.05, 3.63) is 0 Å². The number of rotatable bonds is 16. The first-order chi connectivity index (χ1) is 15.3. The lowest BCUT2D eigenvalue weighted by atomic mass is 9.95. The maximum absolute atomic E-state index is 11.1. The first-order valence-corrected chi connectivity index (χ1v) is 10.7. The Morgan fingerprint density at radius 1 is 0.963 bits per heavy atom. The Hall–Kier alpha value is -0.650. The quantitative estimate of drug-likeness (QED) is 0.309. The minimum atomic E-state index is -2.95. The van der Waals surface area contributed by atoms with Crippen molar-refractivity contribution in [1.29, 1.82) is 0 Å². The van der Waals surface area contributed by atoms with E-state index in [9.17, 15) is 10.0 Å². The molecule has 5 heteroatoms. The van der Waals surface area contributed by atoms with E-state index in [4.69, 9.17) is 18.1 Å². The Balaban J connectivity index is 2.82. The summed E-state index contributed by atoms with van der Waals surface area (Å²) in [7, 11) is 0. The molecule has 1 heterocycles. The first kappa shape index (κ1) is 16.2. The van der Waals surface area contributed by atoms with Crippen molar-refractivity contribution in [2.24, 2.45) is 0 Å². The fourth-order valence-electron chi connectivity index (χ4n) is 3.76. The summed E-state index contributed by atoms with van der Waals surface area (Å²) in [6.45, 7) is -4.33. The minimum Gasteiger partial charge on any atom is -0.481 e. The number of ether oxygens (including phenoxy) is 1. The molecule has 1 saturated heterocycles. The van der Waals surface area contributed by atoms with E-state index in [2.05, 4.69) is 6.92 Å². The van der Waals surface area contributed by atoms with Crippen molar-refractivity contribution in [1.82, 2.24) is 5.06 Å². The van der Waals surface area contributed by atoms with Crippen LogP contribution in [0, 0.1) is 0 Å². The number of hydroxylamine groups is 2. The summed E-state index contributed by atoms with van der Waals surface area (Å²) in [4.78, 5) is 10.6. The smallest absolute Gasteiger partial charge is 0.303 e. The molecule has 0 aromatic heterocycles. The fraction of sp³-hybridized carbons (Fsp3) is 0.955. The number of aliphatic carboxylic acids is 1. The molecule has 1 rings (SSSR count). The van der Waals surface area contributed by atoms with Gasteiger partial charge in [-0.2, -0.15) is 5.06 Å². The molecule has 0 spiro atoms. The van der Waals surface area contributed by atoms with Gasteiger partial charge in [0.1, 0.15) is 5.72 Å². The van der Waals surface area contributed by atoms with Crippen molar-refractivity contribution in [2.75, 3.05) is 6.61 Å². The van der Waals surface area contributed by atoms with Gasteiger partial charge in [-0.1, -0.05) is 64.7 Å². The molecule has 1 unspecified atom stereocenters. The third-order valence-electron chi connectivity index (χ3n) is 5.43. The van der Waals surface area contributed by atoms with E-state index in [-0.39, 0.29) is 6.42 Å². The second-order valence-corrected chi connectivity index (χ2v) is 7.94. The van der Waals surface area contributed by atoms with Gasteiger partial charge in [0.25, 0.3) is 0 Å². The normalized spacial score (nSPS) is 26.6. The van der Waals surface area contributed by atoms with E-state index in [1.807, 2.05) is 0 Å². The molecule has 0 aromatic rings. The van der Waals surface area contributed by atoms with Crippen LogP contribution in [-0.2, 0) is 9.53 Å². The van der Waals surface area contributed by atoms with E-state index in [0.717, 1.165) is 38.5 Å². The molecule has 1 fully saturated rings. The van der Waals surface area contributed by atoms with Gasteiger partial charge >= 0.3 is 5.97 Å². The third kappa shape index (κ3) is 8.93. The molecule has 1 aliphatic rings. The summed E-state index contributed by atoms with van der Waals surface area (Å²) in [5.74, 6) is -0.815. The van der Waals surface area contributed by atoms with E-state index < -0.39 is 37.5 Å². The topological polar surface area (TPSA) is 70.0 Å². The highest BCUT2D eigenvalue weighted by molar-refractivity contribution is 5.66. The number of carbonyl (C=O) groups is 1. The molecule has 0 aliphatic carbocycles. The van der Waals surface area contributed by atoms with Crippen LogP contribution in [0.5, 0.6) is 0 Å². The van der Waals surface area contributed by atoms with Gasteiger partial charge < -0.3 is 15.1 Å². The Morgan fingerprint density at radius 2 is 1.48 bits per heavy atom. The zero-order valence-corrected chi connectivity index (χ0v) is 17.0. The molecule has 5 nitrogen and oxygen atoms in total. The summed E-state index contributed by atoms with van der Waals surface area (Å²) in [5.41, 5.74) is -3.80. The number of unbranched alkanes of at least 4 members (excludes halogenated alkanes) is 10. The fourth-order valence-corrected chi connectivity index (χ4v) is 3.76. The van der Waals surface area contributed by atoms with Gasteiger partial charge in [-0.3, -0.25) is 4.79 Å². The van der Waals surface area contributed by atoms with Crippen molar-refractivity contribution in [3.63, 3.8) is 0 Å². The van der Waals surface area contributed by atoms with Crippen LogP contribution in [0.1, 0.15) is 125 Å². The molecule has 2 N–H and O–H groups in total. The van der Waals surface area contributed by atoms with Gasteiger partial charge in [0.05, 0.1) is 12.1 Å². The molecular weight excluding hydrogens is 342 g/mol. The van der Waals surface area contributed by atoms with Crippen LogP contribution in [0.3, 0.4) is 0 Å². The van der Waals surface area contributed by atoms with Crippen LogP contribution >= 0.6 is 0 Å². The van der Waals surface area contributed by atoms with Crippen molar-refractivity contribution in [3.8, 4) is 0 Å². The minimum absolute atomic E-state index is 0.134. The van der Waals surface area contributed by atoms with Crippen LogP contribution < -0.4 is 0 Å². The van der Waals surface area contributed by atoms with E-state index in [1.54, 1.807) is 0 Å². The van der Waals surface area contributed by atoms with Crippen LogP contribution in [0.15, 0.2) is 0 Å². The number of hydrogen-bond donors (Lipinski definition) is 2. The van der Waals surface area contributed by atoms with Crippen LogP contribution in [0.25, 0.3) is 0 Å². The molecular formula is C22H43NO4. The molecule has 0 bridgehead atoms. The maximum atomic E-state index is 11.1. The molecule has 1 atom stereocenters. The average Bonchev–Trinajstić information content (AvgIpc) is 3.00. The van der Waals surface area contributed by atoms with Crippen LogP contribution in [0.2, 0.25) is 0 Å². The Kier molecular flexibility index (Phi) is 7.63.